The fourth-order valence-electron chi connectivity index (χ4n) is 6.49. The van der Waals surface area contributed by atoms with Crippen molar-refractivity contribution in [3.05, 3.63) is 49.6 Å². The summed E-state index contributed by atoms with van der Waals surface area (Å²) in [7, 11) is 0. The fourth-order valence-corrected chi connectivity index (χ4v) is 6.49. The van der Waals surface area contributed by atoms with Gasteiger partial charge in [-0.2, -0.15) is 0 Å². The number of allylic oxidation sites excluding steroid dienone is 4. The van der Waals surface area contributed by atoms with Crippen LogP contribution in [0.25, 0.3) is 0 Å². The number of hydrogen-bond donors (Lipinski definition) is 0. The Kier molecular flexibility index (Phi) is 39.9. The lowest BCUT2D eigenvalue weighted by Gasteiger charge is -2.37. The molecule has 0 amide bonds. The van der Waals surface area contributed by atoms with E-state index in [0.29, 0.717) is 0 Å². The molecule has 0 heterocycles. The zero-order valence-electron chi connectivity index (χ0n) is 30.3. The number of halogens is 1. The standard InChI is InChI=1S/C42H80N.BrH/c1-5-9-11-13-15-17-19-21-23-25-27-29-31-33-35-37-41-43(39-7-3,40-8-4)42-38-36-34-32-30-28-26-24-22-20-18-16-14-12-10-6-2;/h7-8,21-24H,3-6,9-20,25-42H2,1-2H3;1H/q+1;/p-1. The Morgan fingerprint density at radius 3 is 0.886 bits per heavy atom. The molecule has 0 aliphatic rings. The van der Waals surface area contributed by atoms with Crippen molar-refractivity contribution in [2.75, 3.05) is 26.2 Å². The van der Waals surface area contributed by atoms with Crippen molar-refractivity contribution < 1.29 is 21.5 Å². The molecule has 0 saturated carbocycles. The Morgan fingerprint density at radius 1 is 0.364 bits per heavy atom. The van der Waals surface area contributed by atoms with E-state index in [2.05, 4.69) is 63.5 Å². The molecule has 0 N–H and O–H groups in total. The van der Waals surface area contributed by atoms with Gasteiger partial charge in [0.15, 0.2) is 0 Å². The molecule has 0 aromatic heterocycles. The largest absolute Gasteiger partial charge is 1.00 e. The third kappa shape index (κ3) is 32.8. The quantitative estimate of drug-likeness (QED) is 0.0351. The van der Waals surface area contributed by atoms with Crippen LogP contribution in [0.3, 0.4) is 0 Å². The predicted octanol–water partition coefficient (Wildman–Crippen LogP) is 11.3. The summed E-state index contributed by atoms with van der Waals surface area (Å²) in [5.74, 6) is 0. The molecule has 0 fully saturated rings. The minimum absolute atomic E-state index is 0. The SMILES string of the molecule is C=CC[N+](CC=C)(CCCCCCCCC=CCCCCCCCC)CCCCCCCCC=CCCCCCCCC.[Br-]. The molecule has 0 aromatic carbocycles. The molecule has 44 heavy (non-hydrogen) atoms. The number of rotatable bonds is 36. The summed E-state index contributed by atoms with van der Waals surface area (Å²) in [6.45, 7) is 17.6. The van der Waals surface area contributed by atoms with E-state index in [1.54, 1.807) is 0 Å². The molecule has 0 aliphatic carbocycles. The highest BCUT2D eigenvalue weighted by molar-refractivity contribution is 4.82. The monoisotopic (exact) mass is 678 g/mol. The number of nitrogens with zero attached hydrogens (tertiary/aromatic N) is 1. The van der Waals surface area contributed by atoms with Crippen molar-refractivity contribution in [3.63, 3.8) is 0 Å². The highest BCUT2D eigenvalue weighted by Gasteiger charge is 2.23. The highest BCUT2D eigenvalue weighted by Crippen LogP contribution is 2.17. The van der Waals surface area contributed by atoms with Gasteiger partial charge in [0.05, 0.1) is 26.2 Å². The van der Waals surface area contributed by atoms with Gasteiger partial charge in [0.2, 0.25) is 0 Å². The maximum absolute atomic E-state index is 4.12. The van der Waals surface area contributed by atoms with Gasteiger partial charge in [0, 0.05) is 0 Å². The topological polar surface area (TPSA) is 0 Å². The first kappa shape index (κ1) is 45.5. The molecule has 2 heteroatoms. The summed E-state index contributed by atoms with van der Waals surface area (Å²) in [5, 5.41) is 0. The van der Waals surface area contributed by atoms with Crippen LogP contribution in [-0.2, 0) is 0 Å². The van der Waals surface area contributed by atoms with Gasteiger partial charge in [-0.25, -0.2) is 0 Å². The molecule has 0 saturated heterocycles. The van der Waals surface area contributed by atoms with Crippen molar-refractivity contribution in [1.82, 2.24) is 0 Å². The molecular formula is C42H80BrN. The third-order valence-electron chi connectivity index (χ3n) is 9.32. The maximum atomic E-state index is 4.12. The van der Waals surface area contributed by atoms with Crippen LogP contribution in [0, 0.1) is 0 Å². The van der Waals surface area contributed by atoms with Gasteiger partial charge < -0.3 is 21.5 Å². The van der Waals surface area contributed by atoms with E-state index in [9.17, 15) is 0 Å². The second-order valence-electron chi connectivity index (χ2n) is 13.6. The Morgan fingerprint density at radius 2 is 0.614 bits per heavy atom. The number of quaternary nitrogens is 1. The second-order valence-corrected chi connectivity index (χ2v) is 13.6. The lowest BCUT2D eigenvalue weighted by Crippen LogP contribution is -3.00. The van der Waals surface area contributed by atoms with Gasteiger partial charge in [-0.05, 0) is 89.2 Å². The molecular weight excluding hydrogens is 598 g/mol. The minimum atomic E-state index is 0. The van der Waals surface area contributed by atoms with Crippen LogP contribution >= 0.6 is 0 Å². The molecule has 1 nitrogen and oxygen atoms in total. The van der Waals surface area contributed by atoms with Crippen LogP contribution in [0.1, 0.15) is 194 Å². The average molecular weight is 679 g/mol. The first-order valence-corrected chi connectivity index (χ1v) is 19.6. The smallest absolute Gasteiger partial charge is 0.0973 e. The highest BCUT2D eigenvalue weighted by atomic mass is 79.9. The fraction of sp³-hybridized carbons (Fsp3) is 0.810. The van der Waals surface area contributed by atoms with Crippen molar-refractivity contribution in [2.45, 2.75) is 194 Å². The molecule has 0 bridgehead atoms. The van der Waals surface area contributed by atoms with Crippen LogP contribution in [-0.4, -0.2) is 30.7 Å². The first-order chi connectivity index (χ1) is 21.2. The van der Waals surface area contributed by atoms with E-state index in [0.717, 1.165) is 13.1 Å². The number of unbranched alkanes of at least 4 members (excludes halogenated alkanes) is 24. The Balaban J connectivity index is 0. The van der Waals surface area contributed by atoms with E-state index in [-0.39, 0.29) is 17.0 Å². The molecule has 0 spiro atoms. The van der Waals surface area contributed by atoms with Crippen LogP contribution in [0.15, 0.2) is 49.6 Å². The zero-order chi connectivity index (χ0) is 31.4. The summed E-state index contributed by atoms with van der Waals surface area (Å²) < 4.78 is 1.18. The van der Waals surface area contributed by atoms with E-state index in [1.165, 1.54) is 197 Å². The predicted molar refractivity (Wildman–Crippen MR) is 199 cm³/mol. The van der Waals surface area contributed by atoms with Gasteiger partial charge in [-0.15, -0.1) is 0 Å². The van der Waals surface area contributed by atoms with E-state index in [4.69, 9.17) is 0 Å². The summed E-state index contributed by atoms with van der Waals surface area (Å²) >= 11 is 0. The van der Waals surface area contributed by atoms with Gasteiger partial charge in [-0.3, -0.25) is 0 Å². The Hall–Kier alpha value is -0.600. The molecule has 0 unspecified atom stereocenters. The third-order valence-corrected chi connectivity index (χ3v) is 9.32. The van der Waals surface area contributed by atoms with E-state index < -0.39 is 0 Å². The van der Waals surface area contributed by atoms with E-state index >= 15 is 0 Å². The van der Waals surface area contributed by atoms with Crippen LogP contribution in [0.5, 0.6) is 0 Å². The molecule has 0 rings (SSSR count). The molecule has 0 aliphatic heterocycles. The molecule has 0 aromatic rings. The normalized spacial score (nSPS) is 11.9. The molecule has 0 atom stereocenters. The van der Waals surface area contributed by atoms with Crippen LogP contribution < -0.4 is 17.0 Å². The summed E-state index contributed by atoms with van der Waals surface area (Å²) in [4.78, 5) is 0. The Labute approximate surface area is 289 Å². The first-order valence-electron chi connectivity index (χ1n) is 19.6. The summed E-state index contributed by atoms with van der Waals surface area (Å²) in [6.07, 6.45) is 52.7. The van der Waals surface area contributed by atoms with Gasteiger partial charge >= 0.3 is 0 Å². The van der Waals surface area contributed by atoms with Crippen molar-refractivity contribution in [2.24, 2.45) is 0 Å². The van der Waals surface area contributed by atoms with Crippen molar-refractivity contribution in [3.8, 4) is 0 Å². The van der Waals surface area contributed by atoms with E-state index in [1.807, 2.05) is 0 Å². The number of hydrogen-bond acceptors (Lipinski definition) is 0. The summed E-state index contributed by atoms with van der Waals surface area (Å²) in [6, 6.07) is 0. The zero-order valence-corrected chi connectivity index (χ0v) is 31.9. The second kappa shape index (κ2) is 38.6. The van der Waals surface area contributed by atoms with Gasteiger partial charge in [0.1, 0.15) is 0 Å². The van der Waals surface area contributed by atoms with Gasteiger partial charge in [-0.1, -0.05) is 154 Å². The van der Waals surface area contributed by atoms with Crippen LogP contribution in [0.2, 0.25) is 0 Å². The van der Waals surface area contributed by atoms with Crippen LogP contribution in [0.4, 0.5) is 0 Å². The lowest BCUT2D eigenvalue weighted by atomic mass is 10.1. The lowest BCUT2D eigenvalue weighted by molar-refractivity contribution is -0.917. The Bertz CT molecular complexity index is 567. The van der Waals surface area contributed by atoms with Crippen molar-refractivity contribution in [1.29, 1.82) is 0 Å². The average Bonchev–Trinajstić information content (AvgIpc) is 3.01. The molecule has 260 valence electrons. The van der Waals surface area contributed by atoms with Crippen molar-refractivity contribution >= 4 is 0 Å². The maximum Gasteiger partial charge on any atom is 0.0973 e. The minimum Gasteiger partial charge on any atom is -1.00 e. The van der Waals surface area contributed by atoms with Gasteiger partial charge in [0.25, 0.3) is 0 Å². The summed E-state index contributed by atoms with van der Waals surface area (Å²) in [5.41, 5.74) is 0. The molecule has 0 radical (unpaired) electrons.